The Hall–Kier alpha value is -3.38. The van der Waals surface area contributed by atoms with Crippen LogP contribution in [0, 0.1) is 6.92 Å². The maximum Gasteiger partial charge on any atom is 0.249 e. The molecule has 0 N–H and O–H groups in total. The molecule has 0 bridgehead atoms. The number of benzene rings is 1. The number of morpholine rings is 1. The van der Waals surface area contributed by atoms with Gasteiger partial charge in [-0.3, -0.25) is 9.78 Å². The zero-order valence-electron chi connectivity index (χ0n) is 17.3. The maximum absolute atomic E-state index is 12.7. The molecular weight excluding hydrogens is 380 g/mol. The normalized spacial score (nSPS) is 16.9. The molecule has 0 radical (unpaired) electrons. The zero-order valence-corrected chi connectivity index (χ0v) is 17.3. The Kier molecular flexibility index (Phi) is 7.03. The van der Waals surface area contributed by atoms with Crippen LogP contribution in [-0.2, 0) is 20.8 Å². The molecule has 30 heavy (non-hydrogen) atoms. The third-order valence-electron chi connectivity index (χ3n) is 4.83. The molecule has 1 atom stereocenters. The van der Waals surface area contributed by atoms with Gasteiger partial charge in [0.2, 0.25) is 5.91 Å². The first-order valence-corrected chi connectivity index (χ1v) is 9.63. The Balaban J connectivity index is 1.91. The second-order valence-electron chi connectivity index (χ2n) is 6.97. The fourth-order valence-corrected chi connectivity index (χ4v) is 3.16. The molecule has 2 heterocycles. The van der Waals surface area contributed by atoms with Crippen LogP contribution in [0.15, 0.2) is 79.6 Å². The van der Waals surface area contributed by atoms with Crippen LogP contribution < -0.4 is 4.74 Å². The van der Waals surface area contributed by atoms with E-state index in [1.807, 2.05) is 36.1 Å². The Morgan fingerprint density at radius 2 is 2.10 bits per heavy atom. The number of pyridine rings is 1. The Morgan fingerprint density at radius 1 is 1.33 bits per heavy atom. The van der Waals surface area contributed by atoms with E-state index in [1.54, 1.807) is 30.6 Å². The number of ether oxygens (including phenoxy) is 3. The smallest absolute Gasteiger partial charge is 0.249 e. The minimum atomic E-state index is -0.326. The van der Waals surface area contributed by atoms with E-state index in [9.17, 15) is 4.79 Å². The number of amides is 1. The molecule has 0 spiro atoms. The topological polar surface area (TPSA) is 60.9 Å². The lowest BCUT2D eigenvalue weighted by Crippen LogP contribution is -2.43. The predicted molar refractivity (Wildman–Crippen MR) is 115 cm³/mol. The number of rotatable bonds is 8. The zero-order chi connectivity index (χ0) is 21.5. The number of aryl methyl sites for hydroxylation is 1. The van der Waals surface area contributed by atoms with Gasteiger partial charge in [0.1, 0.15) is 23.9 Å². The van der Waals surface area contributed by atoms with E-state index < -0.39 is 0 Å². The molecule has 1 unspecified atom stereocenters. The lowest BCUT2D eigenvalue weighted by molar-refractivity contribution is -0.149. The van der Waals surface area contributed by atoms with E-state index in [1.165, 1.54) is 12.7 Å². The number of allylic oxidation sites excluding steroid dienone is 2. The monoisotopic (exact) mass is 406 g/mol. The lowest BCUT2D eigenvalue weighted by atomic mass is 10.0. The standard InChI is InChI=1S/C24H26N2O4/c1-5-20(12-18(3)28-4)30-23-10-11-25-13-21(23)22-15-29-16-24(27)26(22)14-19-8-6-17(2)7-9-19/h5-13,22H,1,3,14-16H2,2,4H3/b20-12+. The fourth-order valence-electron chi connectivity index (χ4n) is 3.16. The van der Waals surface area contributed by atoms with Crippen molar-refractivity contribution in [3.05, 3.63) is 96.2 Å². The van der Waals surface area contributed by atoms with Gasteiger partial charge in [-0.05, 0) is 24.6 Å². The van der Waals surface area contributed by atoms with Crippen molar-refractivity contribution in [2.24, 2.45) is 0 Å². The second-order valence-corrected chi connectivity index (χ2v) is 6.97. The third-order valence-corrected chi connectivity index (χ3v) is 4.83. The molecule has 1 fully saturated rings. The van der Waals surface area contributed by atoms with Crippen LogP contribution in [-0.4, -0.2) is 36.1 Å². The minimum absolute atomic E-state index is 0.0598. The number of hydrogen-bond acceptors (Lipinski definition) is 5. The third kappa shape index (κ3) is 5.15. The van der Waals surface area contributed by atoms with Crippen LogP contribution in [0.5, 0.6) is 5.75 Å². The van der Waals surface area contributed by atoms with Gasteiger partial charge in [-0.2, -0.15) is 0 Å². The lowest BCUT2D eigenvalue weighted by Gasteiger charge is -2.36. The largest absolute Gasteiger partial charge is 0.497 e. The molecule has 1 aromatic heterocycles. The van der Waals surface area contributed by atoms with Crippen LogP contribution in [0.4, 0.5) is 0 Å². The average Bonchev–Trinajstić information content (AvgIpc) is 2.76. The second kappa shape index (κ2) is 9.89. The van der Waals surface area contributed by atoms with Crippen molar-refractivity contribution in [1.29, 1.82) is 0 Å². The number of carbonyl (C=O) groups excluding carboxylic acids is 1. The van der Waals surface area contributed by atoms with Crippen molar-refractivity contribution in [2.45, 2.75) is 19.5 Å². The van der Waals surface area contributed by atoms with Gasteiger partial charge in [0.15, 0.2) is 0 Å². The van der Waals surface area contributed by atoms with Crippen molar-refractivity contribution in [1.82, 2.24) is 9.88 Å². The molecular formula is C24H26N2O4. The molecule has 2 aromatic rings. The number of methoxy groups -OCH3 is 1. The number of nitrogens with zero attached hydrogens (tertiary/aromatic N) is 2. The molecule has 1 aliphatic rings. The summed E-state index contributed by atoms with van der Waals surface area (Å²) in [5.41, 5.74) is 2.98. The van der Waals surface area contributed by atoms with Gasteiger partial charge in [-0.25, -0.2) is 0 Å². The first kappa shape index (κ1) is 21.3. The Bertz CT molecular complexity index is 950. The van der Waals surface area contributed by atoms with E-state index in [0.29, 0.717) is 30.4 Å². The van der Waals surface area contributed by atoms with Gasteiger partial charge in [0, 0.05) is 30.6 Å². The average molecular weight is 406 g/mol. The predicted octanol–water partition coefficient (Wildman–Crippen LogP) is 4.10. The summed E-state index contributed by atoms with van der Waals surface area (Å²) in [7, 11) is 1.53. The summed E-state index contributed by atoms with van der Waals surface area (Å²) in [5, 5.41) is 0. The molecule has 1 saturated heterocycles. The van der Waals surface area contributed by atoms with Crippen molar-refractivity contribution in [3.63, 3.8) is 0 Å². The quantitative estimate of drug-likeness (QED) is 0.488. The van der Waals surface area contributed by atoms with E-state index in [2.05, 4.69) is 18.1 Å². The first-order valence-electron chi connectivity index (χ1n) is 9.63. The van der Waals surface area contributed by atoms with Crippen LogP contribution in [0.1, 0.15) is 22.7 Å². The molecule has 6 heteroatoms. The molecule has 156 valence electrons. The molecule has 6 nitrogen and oxygen atoms in total. The first-order chi connectivity index (χ1) is 14.5. The van der Waals surface area contributed by atoms with E-state index in [-0.39, 0.29) is 18.6 Å². The van der Waals surface area contributed by atoms with Crippen molar-refractivity contribution < 1.29 is 19.0 Å². The van der Waals surface area contributed by atoms with Gasteiger partial charge in [-0.15, -0.1) is 0 Å². The Morgan fingerprint density at radius 3 is 2.80 bits per heavy atom. The summed E-state index contributed by atoms with van der Waals surface area (Å²) < 4.78 is 16.7. The maximum atomic E-state index is 12.7. The SMILES string of the molecule is C=C/C(=C\C(=C)OC)Oc1ccncc1C1COCC(=O)N1Cc1ccc(C)cc1. The van der Waals surface area contributed by atoms with Gasteiger partial charge in [0.25, 0.3) is 0 Å². The van der Waals surface area contributed by atoms with Crippen LogP contribution in [0.2, 0.25) is 0 Å². The summed E-state index contributed by atoms with van der Waals surface area (Å²) in [5.74, 6) is 1.41. The van der Waals surface area contributed by atoms with Gasteiger partial charge in [-0.1, -0.05) is 43.0 Å². The number of carbonyl (C=O) groups is 1. The highest BCUT2D eigenvalue weighted by Crippen LogP contribution is 2.33. The van der Waals surface area contributed by atoms with Crippen LogP contribution in [0.25, 0.3) is 0 Å². The summed E-state index contributed by atoms with van der Waals surface area (Å²) in [6, 6.07) is 9.57. The molecule has 3 rings (SSSR count). The summed E-state index contributed by atoms with van der Waals surface area (Å²) >= 11 is 0. The molecule has 1 amide bonds. The number of aromatic nitrogens is 1. The van der Waals surface area contributed by atoms with E-state index in [0.717, 1.165) is 11.1 Å². The van der Waals surface area contributed by atoms with Crippen molar-refractivity contribution in [3.8, 4) is 5.75 Å². The van der Waals surface area contributed by atoms with E-state index >= 15 is 0 Å². The van der Waals surface area contributed by atoms with Gasteiger partial charge < -0.3 is 19.1 Å². The highest BCUT2D eigenvalue weighted by Gasteiger charge is 2.32. The van der Waals surface area contributed by atoms with Crippen LogP contribution in [0.3, 0.4) is 0 Å². The fraction of sp³-hybridized carbons (Fsp3) is 0.250. The van der Waals surface area contributed by atoms with Crippen LogP contribution >= 0.6 is 0 Å². The molecule has 1 aliphatic heterocycles. The van der Waals surface area contributed by atoms with Gasteiger partial charge >= 0.3 is 0 Å². The number of hydrogen-bond donors (Lipinski definition) is 0. The molecule has 1 aromatic carbocycles. The van der Waals surface area contributed by atoms with Crippen molar-refractivity contribution in [2.75, 3.05) is 20.3 Å². The summed E-state index contributed by atoms with van der Waals surface area (Å²) in [6.07, 6.45) is 6.56. The minimum Gasteiger partial charge on any atom is -0.497 e. The Labute approximate surface area is 177 Å². The van der Waals surface area contributed by atoms with Crippen molar-refractivity contribution >= 4 is 5.91 Å². The van der Waals surface area contributed by atoms with Gasteiger partial charge in [0.05, 0.1) is 19.8 Å². The highest BCUT2D eigenvalue weighted by molar-refractivity contribution is 5.78. The summed E-state index contributed by atoms with van der Waals surface area (Å²) in [4.78, 5) is 18.8. The van der Waals surface area contributed by atoms with E-state index in [4.69, 9.17) is 14.2 Å². The molecule has 0 saturated carbocycles. The summed E-state index contributed by atoms with van der Waals surface area (Å²) in [6.45, 7) is 10.5. The highest BCUT2D eigenvalue weighted by atomic mass is 16.5. The molecule has 0 aliphatic carbocycles.